The van der Waals surface area contributed by atoms with Crippen LogP contribution in [0, 0.1) is 5.41 Å². The minimum Gasteiger partial charge on any atom is -0.207 e. The van der Waals surface area contributed by atoms with Crippen LogP contribution in [0.25, 0.3) is 0 Å². The first-order chi connectivity index (χ1) is 4.39. The van der Waals surface area contributed by atoms with Gasteiger partial charge in [0.05, 0.1) is 0 Å². The van der Waals surface area contributed by atoms with Gasteiger partial charge >= 0.3 is 0 Å². The molecule has 0 N–H and O–H groups in total. The summed E-state index contributed by atoms with van der Waals surface area (Å²) in [4.78, 5) is 0. The predicted molar refractivity (Wildman–Crippen MR) is 43.5 cm³/mol. The lowest BCUT2D eigenvalue weighted by Gasteiger charge is -2.19. The molecule has 0 atom stereocenters. The molecule has 0 aromatic carbocycles. The standard InChI is InChI=1S/C9H15F/c1-6-8(10)7(2)9(3,4)5/h6H,2H2,1,3-5H3/b8-6+. The van der Waals surface area contributed by atoms with Crippen molar-refractivity contribution in [3.63, 3.8) is 0 Å². The van der Waals surface area contributed by atoms with Crippen molar-refractivity contribution in [3.05, 3.63) is 24.1 Å². The van der Waals surface area contributed by atoms with E-state index in [4.69, 9.17) is 0 Å². The Morgan fingerprint density at radius 3 is 1.90 bits per heavy atom. The number of halogens is 1. The van der Waals surface area contributed by atoms with Gasteiger partial charge in [-0.2, -0.15) is 0 Å². The molecule has 10 heavy (non-hydrogen) atoms. The molecule has 0 saturated carbocycles. The summed E-state index contributed by atoms with van der Waals surface area (Å²) in [6.07, 6.45) is 1.44. The van der Waals surface area contributed by atoms with Crippen LogP contribution >= 0.6 is 0 Å². The summed E-state index contributed by atoms with van der Waals surface area (Å²) in [5, 5.41) is 0. The minimum absolute atomic E-state index is 0.156. The normalized spacial score (nSPS) is 13.5. The highest BCUT2D eigenvalue weighted by atomic mass is 19.1. The van der Waals surface area contributed by atoms with E-state index in [2.05, 4.69) is 6.58 Å². The summed E-state index contributed by atoms with van der Waals surface area (Å²) in [6, 6.07) is 0. The van der Waals surface area contributed by atoms with Crippen LogP contribution in [0.15, 0.2) is 24.1 Å². The molecule has 0 aliphatic rings. The van der Waals surface area contributed by atoms with E-state index in [1.54, 1.807) is 6.92 Å². The summed E-state index contributed by atoms with van der Waals surface area (Å²) in [6.45, 7) is 11.2. The van der Waals surface area contributed by atoms with Gasteiger partial charge in [-0.3, -0.25) is 0 Å². The van der Waals surface area contributed by atoms with Gasteiger partial charge in [0.25, 0.3) is 0 Å². The third kappa shape index (κ3) is 2.34. The molecule has 0 aliphatic carbocycles. The van der Waals surface area contributed by atoms with E-state index in [0.29, 0.717) is 5.57 Å². The SMILES string of the molecule is C=C(/C(F)=C\C)C(C)(C)C. The first-order valence-corrected chi connectivity index (χ1v) is 3.41. The molecule has 0 saturated heterocycles. The van der Waals surface area contributed by atoms with Crippen LogP contribution in [0.1, 0.15) is 27.7 Å². The number of hydrogen-bond donors (Lipinski definition) is 0. The molecule has 0 aromatic rings. The molecule has 0 spiro atoms. The zero-order valence-electron chi connectivity index (χ0n) is 7.16. The van der Waals surface area contributed by atoms with Crippen LogP contribution in [-0.2, 0) is 0 Å². The van der Waals surface area contributed by atoms with Gasteiger partial charge in [-0.15, -0.1) is 0 Å². The van der Waals surface area contributed by atoms with Crippen LogP contribution in [0.4, 0.5) is 4.39 Å². The van der Waals surface area contributed by atoms with E-state index < -0.39 is 0 Å². The van der Waals surface area contributed by atoms with E-state index >= 15 is 0 Å². The largest absolute Gasteiger partial charge is 0.207 e. The quantitative estimate of drug-likeness (QED) is 0.492. The monoisotopic (exact) mass is 142 g/mol. The van der Waals surface area contributed by atoms with Crippen molar-refractivity contribution in [2.45, 2.75) is 27.7 Å². The molecule has 0 aliphatic heterocycles. The second-order valence-corrected chi connectivity index (χ2v) is 3.37. The second kappa shape index (κ2) is 3.00. The van der Waals surface area contributed by atoms with Gasteiger partial charge in [-0.1, -0.05) is 33.4 Å². The highest BCUT2D eigenvalue weighted by Crippen LogP contribution is 2.29. The van der Waals surface area contributed by atoms with Crippen molar-refractivity contribution in [3.8, 4) is 0 Å². The number of hydrogen-bond acceptors (Lipinski definition) is 0. The first-order valence-electron chi connectivity index (χ1n) is 3.41. The summed E-state index contributed by atoms with van der Waals surface area (Å²) >= 11 is 0. The molecule has 0 radical (unpaired) electrons. The van der Waals surface area contributed by atoms with E-state index in [0.717, 1.165) is 0 Å². The van der Waals surface area contributed by atoms with Gasteiger partial charge in [0.15, 0.2) is 0 Å². The smallest absolute Gasteiger partial charge is 0.122 e. The Bertz CT molecular complexity index is 158. The lowest BCUT2D eigenvalue weighted by atomic mass is 9.87. The number of rotatable bonds is 1. The van der Waals surface area contributed by atoms with Crippen LogP contribution < -0.4 is 0 Å². The fourth-order valence-corrected chi connectivity index (χ4v) is 0.532. The van der Waals surface area contributed by atoms with Crippen LogP contribution in [0.2, 0.25) is 0 Å². The molecule has 0 aromatic heterocycles. The summed E-state index contributed by atoms with van der Waals surface area (Å²) in [5.74, 6) is -0.201. The maximum atomic E-state index is 12.8. The molecule has 0 amide bonds. The number of allylic oxidation sites excluding steroid dienone is 3. The predicted octanol–water partition coefficient (Wildman–Crippen LogP) is 3.46. The van der Waals surface area contributed by atoms with Crippen molar-refractivity contribution >= 4 is 0 Å². The van der Waals surface area contributed by atoms with Crippen LogP contribution in [0.3, 0.4) is 0 Å². The van der Waals surface area contributed by atoms with Crippen molar-refractivity contribution in [1.29, 1.82) is 0 Å². The molecular formula is C9H15F. The molecule has 0 fully saturated rings. The van der Waals surface area contributed by atoms with Gasteiger partial charge in [0.2, 0.25) is 0 Å². The second-order valence-electron chi connectivity index (χ2n) is 3.37. The van der Waals surface area contributed by atoms with E-state index in [-0.39, 0.29) is 11.2 Å². The van der Waals surface area contributed by atoms with Crippen molar-refractivity contribution in [1.82, 2.24) is 0 Å². The molecular weight excluding hydrogens is 127 g/mol. The highest BCUT2D eigenvalue weighted by molar-refractivity contribution is 5.26. The van der Waals surface area contributed by atoms with Gasteiger partial charge in [0, 0.05) is 0 Å². The molecule has 0 heterocycles. The topological polar surface area (TPSA) is 0 Å². The molecule has 0 bridgehead atoms. The van der Waals surface area contributed by atoms with E-state index in [9.17, 15) is 4.39 Å². The van der Waals surface area contributed by atoms with Crippen molar-refractivity contribution < 1.29 is 4.39 Å². The lowest BCUT2D eigenvalue weighted by molar-refractivity contribution is 0.476. The summed E-state index contributed by atoms with van der Waals surface area (Å²) < 4.78 is 12.8. The van der Waals surface area contributed by atoms with Gasteiger partial charge in [-0.25, -0.2) is 4.39 Å². The van der Waals surface area contributed by atoms with Crippen LogP contribution in [0.5, 0.6) is 0 Å². The Kier molecular flexibility index (Phi) is 2.82. The van der Waals surface area contributed by atoms with E-state index in [1.807, 2.05) is 20.8 Å². The molecule has 0 unspecified atom stereocenters. The zero-order valence-corrected chi connectivity index (χ0v) is 7.16. The molecule has 0 rings (SSSR count). The third-order valence-corrected chi connectivity index (χ3v) is 1.45. The Balaban J connectivity index is 4.39. The minimum atomic E-state index is -0.201. The Labute approximate surface area is 62.4 Å². The fraction of sp³-hybridized carbons (Fsp3) is 0.556. The third-order valence-electron chi connectivity index (χ3n) is 1.45. The Morgan fingerprint density at radius 2 is 1.80 bits per heavy atom. The molecule has 0 nitrogen and oxygen atoms in total. The highest BCUT2D eigenvalue weighted by Gasteiger charge is 2.17. The van der Waals surface area contributed by atoms with Crippen molar-refractivity contribution in [2.24, 2.45) is 5.41 Å². The molecule has 1 heteroatoms. The summed E-state index contributed by atoms with van der Waals surface area (Å²) in [5.41, 5.74) is 0.409. The fourth-order valence-electron chi connectivity index (χ4n) is 0.532. The maximum Gasteiger partial charge on any atom is 0.122 e. The zero-order chi connectivity index (χ0) is 8.36. The van der Waals surface area contributed by atoms with E-state index in [1.165, 1.54) is 6.08 Å². The first kappa shape index (κ1) is 9.41. The lowest BCUT2D eigenvalue weighted by Crippen LogP contribution is -2.08. The average molecular weight is 142 g/mol. The molecule has 58 valence electrons. The average Bonchev–Trinajstić information content (AvgIpc) is 1.83. The van der Waals surface area contributed by atoms with Crippen LogP contribution in [-0.4, -0.2) is 0 Å². The van der Waals surface area contributed by atoms with Gasteiger partial charge < -0.3 is 0 Å². The van der Waals surface area contributed by atoms with Gasteiger partial charge in [0.1, 0.15) is 5.83 Å². The Morgan fingerprint density at radius 1 is 1.40 bits per heavy atom. The van der Waals surface area contributed by atoms with Gasteiger partial charge in [-0.05, 0) is 17.9 Å². The Hall–Kier alpha value is -0.590. The summed E-state index contributed by atoms with van der Waals surface area (Å²) in [7, 11) is 0. The maximum absolute atomic E-state index is 12.8. The van der Waals surface area contributed by atoms with Crippen molar-refractivity contribution in [2.75, 3.05) is 0 Å².